The van der Waals surface area contributed by atoms with E-state index in [4.69, 9.17) is 0 Å². The van der Waals surface area contributed by atoms with Gasteiger partial charge in [-0.3, -0.25) is 9.79 Å². The summed E-state index contributed by atoms with van der Waals surface area (Å²) < 4.78 is 0. The Morgan fingerprint density at radius 3 is 2.44 bits per heavy atom. The Bertz CT molecular complexity index is 776. The first-order valence-electron chi connectivity index (χ1n) is 9.10. The molecule has 0 atom stereocenters. The molecule has 27 heavy (non-hydrogen) atoms. The van der Waals surface area contributed by atoms with Gasteiger partial charge < -0.3 is 20.9 Å². The standard InChI is InChI=1S/C20H31N5O.HI/c1-14-6-7-16-15(13-25-17(16)12-14)8-9-23-19(21-5)24-11-10-22-18(26)20(2,3)4;/h6-7,12-13,25H,8-11H2,1-5H3,(H,22,26)(H2,21,23,24);1H. The van der Waals surface area contributed by atoms with E-state index in [0.29, 0.717) is 13.1 Å². The number of aryl methyl sites for hydroxylation is 1. The second-order valence-corrected chi connectivity index (χ2v) is 7.54. The first-order valence-corrected chi connectivity index (χ1v) is 9.10. The van der Waals surface area contributed by atoms with Crippen molar-refractivity contribution in [2.75, 3.05) is 26.7 Å². The number of guanidine groups is 1. The zero-order chi connectivity index (χ0) is 19.2. The van der Waals surface area contributed by atoms with E-state index in [-0.39, 0.29) is 35.3 Å². The van der Waals surface area contributed by atoms with Crippen molar-refractivity contribution >= 4 is 46.7 Å². The Kier molecular flexibility index (Phi) is 9.08. The average Bonchev–Trinajstić information content (AvgIpc) is 2.97. The molecule has 1 aromatic heterocycles. The Hall–Kier alpha value is -1.77. The van der Waals surface area contributed by atoms with Crippen LogP contribution in [0.25, 0.3) is 10.9 Å². The summed E-state index contributed by atoms with van der Waals surface area (Å²) in [5.74, 6) is 0.794. The van der Waals surface area contributed by atoms with Crippen molar-refractivity contribution < 1.29 is 4.79 Å². The van der Waals surface area contributed by atoms with Crippen LogP contribution in [0.3, 0.4) is 0 Å². The van der Waals surface area contributed by atoms with Gasteiger partial charge in [0.2, 0.25) is 5.91 Å². The molecule has 0 saturated heterocycles. The van der Waals surface area contributed by atoms with Crippen molar-refractivity contribution in [3.8, 4) is 0 Å². The summed E-state index contributed by atoms with van der Waals surface area (Å²) in [7, 11) is 1.75. The van der Waals surface area contributed by atoms with Crippen LogP contribution >= 0.6 is 24.0 Å². The predicted molar refractivity (Wildman–Crippen MR) is 124 cm³/mol. The molecule has 0 saturated carbocycles. The van der Waals surface area contributed by atoms with Crippen molar-refractivity contribution in [2.45, 2.75) is 34.1 Å². The van der Waals surface area contributed by atoms with E-state index >= 15 is 0 Å². The maximum Gasteiger partial charge on any atom is 0.225 e. The van der Waals surface area contributed by atoms with Gasteiger partial charge in [-0.1, -0.05) is 32.9 Å². The summed E-state index contributed by atoms with van der Waals surface area (Å²) >= 11 is 0. The van der Waals surface area contributed by atoms with Gasteiger partial charge in [-0.15, -0.1) is 24.0 Å². The number of hydrogen-bond donors (Lipinski definition) is 4. The van der Waals surface area contributed by atoms with Crippen LogP contribution in [0.2, 0.25) is 0 Å². The quantitative estimate of drug-likeness (QED) is 0.220. The summed E-state index contributed by atoms with van der Waals surface area (Å²) in [6, 6.07) is 6.47. The van der Waals surface area contributed by atoms with Gasteiger partial charge in [-0.05, 0) is 30.5 Å². The van der Waals surface area contributed by atoms with E-state index in [2.05, 4.69) is 57.2 Å². The van der Waals surface area contributed by atoms with Crippen LogP contribution in [0, 0.1) is 12.3 Å². The second kappa shape index (κ2) is 10.5. The van der Waals surface area contributed by atoms with Gasteiger partial charge in [-0.25, -0.2) is 0 Å². The van der Waals surface area contributed by atoms with E-state index < -0.39 is 0 Å². The number of aromatic nitrogens is 1. The van der Waals surface area contributed by atoms with E-state index in [1.807, 2.05) is 20.8 Å². The van der Waals surface area contributed by atoms with Crippen LogP contribution in [0.5, 0.6) is 0 Å². The highest BCUT2D eigenvalue weighted by Crippen LogP contribution is 2.19. The van der Waals surface area contributed by atoms with E-state index in [1.54, 1.807) is 7.05 Å². The number of nitrogens with one attached hydrogen (secondary N) is 4. The number of rotatable bonds is 6. The minimum atomic E-state index is -0.363. The summed E-state index contributed by atoms with van der Waals surface area (Å²) in [5.41, 5.74) is 3.36. The van der Waals surface area contributed by atoms with Gasteiger partial charge in [0, 0.05) is 49.2 Å². The summed E-state index contributed by atoms with van der Waals surface area (Å²) in [5, 5.41) is 10.7. The Morgan fingerprint density at radius 1 is 1.11 bits per heavy atom. The van der Waals surface area contributed by atoms with Crippen LogP contribution in [-0.2, 0) is 11.2 Å². The predicted octanol–water partition coefficient (Wildman–Crippen LogP) is 2.96. The smallest absolute Gasteiger partial charge is 0.225 e. The molecule has 0 radical (unpaired) electrons. The van der Waals surface area contributed by atoms with Gasteiger partial charge in [0.1, 0.15) is 0 Å². The van der Waals surface area contributed by atoms with Crippen LogP contribution < -0.4 is 16.0 Å². The lowest BCUT2D eigenvalue weighted by Crippen LogP contribution is -2.43. The number of nitrogens with zero attached hydrogens (tertiary/aromatic N) is 1. The molecule has 1 aromatic carbocycles. The van der Waals surface area contributed by atoms with Crippen molar-refractivity contribution in [2.24, 2.45) is 10.4 Å². The fourth-order valence-electron chi connectivity index (χ4n) is 2.67. The zero-order valence-electron chi connectivity index (χ0n) is 16.9. The summed E-state index contributed by atoms with van der Waals surface area (Å²) in [4.78, 5) is 19.4. The normalized spacial score (nSPS) is 11.8. The van der Waals surface area contributed by atoms with E-state index in [0.717, 1.165) is 18.9 Å². The van der Waals surface area contributed by atoms with Crippen LogP contribution in [0.1, 0.15) is 31.9 Å². The van der Waals surface area contributed by atoms with Crippen LogP contribution in [-0.4, -0.2) is 43.5 Å². The summed E-state index contributed by atoms with van der Waals surface area (Å²) in [6.45, 7) is 9.80. The molecule has 2 aromatic rings. The van der Waals surface area contributed by atoms with Gasteiger partial charge in [0.05, 0.1) is 0 Å². The lowest BCUT2D eigenvalue weighted by atomic mass is 9.96. The molecule has 6 nitrogen and oxygen atoms in total. The summed E-state index contributed by atoms with van der Waals surface area (Å²) in [6.07, 6.45) is 2.98. The minimum absolute atomic E-state index is 0. The number of H-pyrrole nitrogens is 1. The van der Waals surface area contributed by atoms with E-state index in [1.165, 1.54) is 22.0 Å². The molecule has 0 aliphatic heterocycles. The molecule has 0 aliphatic rings. The molecule has 0 bridgehead atoms. The number of aromatic amines is 1. The number of amides is 1. The largest absolute Gasteiger partial charge is 0.361 e. The third-order valence-electron chi connectivity index (χ3n) is 4.22. The lowest BCUT2D eigenvalue weighted by Gasteiger charge is -2.18. The SMILES string of the molecule is CN=C(NCCNC(=O)C(C)(C)C)NCCc1c[nH]c2cc(C)ccc12.I. The average molecular weight is 485 g/mol. The first kappa shape index (κ1) is 23.3. The fourth-order valence-corrected chi connectivity index (χ4v) is 2.67. The fraction of sp³-hybridized carbons (Fsp3) is 0.500. The number of carbonyl (C=O) groups excluding carboxylic acids is 1. The Morgan fingerprint density at radius 2 is 1.78 bits per heavy atom. The van der Waals surface area contributed by atoms with Crippen LogP contribution in [0.15, 0.2) is 29.4 Å². The first-order chi connectivity index (χ1) is 12.3. The Balaban J connectivity index is 0.00000364. The molecule has 7 heteroatoms. The van der Waals surface area contributed by atoms with Gasteiger partial charge in [-0.2, -0.15) is 0 Å². The highest BCUT2D eigenvalue weighted by molar-refractivity contribution is 14.0. The highest BCUT2D eigenvalue weighted by Gasteiger charge is 2.20. The third-order valence-corrected chi connectivity index (χ3v) is 4.22. The van der Waals surface area contributed by atoms with Crippen molar-refractivity contribution in [1.29, 1.82) is 0 Å². The third kappa shape index (κ3) is 7.04. The topological polar surface area (TPSA) is 81.3 Å². The molecule has 1 heterocycles. The monoisotopic (exact) mass is 485 g/mol. The highest BCUT2D eigenvalue weighted by atomic mass is 127. The second-order valence-electron chi connectivity index (χ2n) is 7.54. The minimum Gasteiger partial charge on any atom is -0.361 e. The number of carbonyl (C=O) groups is 1. The van der Waals surface area contributed by atoms with Gasteiger partial charge in [0.25, 0.3) is 0 Å². The maximum atomic E-state index is 11.8. The van der Waals surface area contributed by atoms with Gasteiger partial charge >= 0.3 is 0 Å². The number of aliphatic imine (C=N–C) groups is 1. The van der Waals surface area contributed by atoms with Crippen molar-refractivity contribution in [1.82, 2.24) is 20.9 Å². The molecule has 2 rings (SSSR count). The molecular weight excluding hydrogens is 453 g/mol. The maximum absolute atomic E-state index is 11.8. The number of fused-ring (bicyclic) bond motifs is 1. The van der Waals surface area contributed by atoms with Crippen molar-refractivity contribution in [3.63, 3.8) is 0 Å². The molecule has 0 unspecified atom stereocenters. The molecule has 0 aliphatic carbocycles. The number of hydrogen-bond acceptors (Lipinski definition) is 2. The van der Waals surface area contributed by atoms with E-state index in [9.17, 15) is 4.79 Å². The zero-order valence-corrected chi connectivity index (χ0v) is 19.2. The van der Waals surface area contributed by atoms with Crippen molar-refractivity contribution in [3.05, 3.63) is 35.5 Å². The van der Waals surface area contributed by atoms with Gasteiger partial charge in [0.15, 0.2) is 5.96 Å². The molecule has 1 amide bonds. The number of halogens is 1. The molecule has 0 spiro atoms. The van der Waals surface area contributed by atoms with Crippen LogP contribution in [0.4, 0.5) is 0 Å². The molecule has 4 N–H and O–H groups in total. The molecule has 150 valence electrons. The molecule has 0 fully saturated rings. The molecular formula is C20H32IN5O. The Labute approximate surface area is 179 Å². The number of benzene rings is 1. The lowest BCUT2D eigenvalue weighted by molar-refractivity contribution is -0.128.